The Bertz CT molecular complexity index is 204. The van der Waals surface area contributed by atoms with E-state index in [1.165, 1.54) is 0 Å². The lowest BCUT2D eigenvalue weighted by Gasteiger charge is -2.16. The second kappa shape index (κ2) is 6.37. The summed E-state index contributed by atoms with van der Waals surface area (Å²) in [4.78, 5) is 11.2. The fraction of sp³-hybridized carbons (Fsp3) is 0.778. The summed E-state index contributed by atoms with van der Waals surface area (Å²) in [7, 11) is 0. The van der Waals surface area contributed by atoms with Crippen LogP contribution in [0.1, 0.15) is 27.2 Å². The first-order valence-corrected chi connectivity index (χ1v) is 4.74. The maximum atomic E-state index is 11.2. The van der Waals surface area contributed by atoms with Crippen LogP contribution in [0.15, 0.2) is 0 Å². The Morgan fingerprint density at radius 3 is 2.57 bits per heavy atom. The quantitative estimate of drug-likeness (QED) is 0.203. The Labute approximate surface area is 84.6 Å². The van der Waals surface area contributed by atoms with Gasteiger partial charge in [0.05, 0.1) is 12.4 Å². The van der Waals surface area contributed by atoms with Gasteiger partial charge in [0.2, 0.25) is 5.91 Å². The zero-order valence-electron chi connectivity index (χ0n) is 9.00. The molecule has 3 N–H and O–H groups in total. The highest BCUT2D eigenvalue weighted by Crippen LogP contribution is 1.98. The summed E-state index contributed by atoms with van der Waals surface area (Å²) in [6.45, 7) is 6.03. The SMILES string of the molecule is CC(=N)NCCCN(O)C(=O)C(C)C. The van der Waals surface area contributed by atoms with Crippen LogP contribution >= 0.6 is 0 Å². The topological polar surface area (TPSA) is 76.4 Å². The van der Waals surface area contributed by atoms with Crippen molar-refractivity contribution in [2.45, 2.75) is 27.2 Å². The third-order valence-corrected chi connectivity index (χ3v) is 1.69. The highest BCUT2D eigenvalue weighted by Gasteiger charge is 2.13. The number of nitrogens with one attached hydrogen (secondary N) is 2. The number of amides is 1. The van der Waals surface area contributed by atoms with Gasteiger partial charge in [0, 0.05) is 12.5 Å². The Morgan fingerprint density at radius 1 is 1.57 bits per heavy atom. The number of carbonyl (C=O) groups is 1. The van der Waals surface area contributed by atoms with E-state index in [-0.39, 0.29) is 11.8 Å². The van der Waals surface area contributed by atoms with Gasteiger partial charge in [0.25, 0.3) is 0 Å². The summed E-state index contributed by atoms with van der Waals surface area (Å²) in [5.74, 6) is -0.0568. The lowest BCUT2D eigenvalue weighted by Crippen LogP contribution is -2.33. The summed E-state index contributed by atoms with van der Waals surface area (Å²) in [6, 6.07) is 0. The molecule has 0 saturated heterocycles. The fourth-order valence-electron chi connectivity index (χ4n) is 0.913. The van der Waals surface area contributed by atoms with E-state index < -0.39 is 0 Å². The number of nitrogens with zero attached hydrogens (tertiary/aromatic N) is 1. The molecule has 0 aliphatic carbocycles. The zero-order valence-corrected chi connectivity index (χ0v) is 9.00. The van der Waals surface area contributed by atoms with E-state index in [9.17, 15) is 10.0 Å². The summed E-state index contributed by atoms with van der Waals surface area (Å²) in [5.41, 5.74) is 0. The van der Waals surface area contributed by atoms with Gasteiger partial charge in [0.15, 0.2) is 0 Å². The molecule has 14 heavy (non-hydrogen) atoms. The number of hydroxylamine groups is 2. The molecule has 0 radical (unpaired) electrons. The fourth-order valence-corrected chi connectivity index (χ4v) is 0.913. The Hall–Kier alpha value is -1.10. The summed E-state index contributed by atoms with van der Waals surface area (Å²) >= 11 is 0. The van der Waals surface area contributed by atoms with E-state index >= 15 is 0 Å². The highest BCUT2D eigenvalue weighted by atomic mass is 16.5. The molecule has 0 bridgehead atoms. The molecule has 0 aromatic heterocycles. The van der Waals surface area contributed by atoms with Crippen LogP contribution < -0.4 is 5.32 Å². The van der Waals surface area contributed by atoms with Crippen molar-refractivity contribution in [2.75, 3.05) is 13.1 Å². The van der Waals surface area contributed by atoms with E-state index in [0.29, 0.717) is 25.3 Å². The van der Waals surface area contributed by atoms with Gasteiger partial charge in [-0.25, -0.2) is 5.06 Å². The first kappa shape index (κ1) is 12.9. The van der Waals surface area contributed by atoms with Gasteiger partial charge >= 0.3 is 0 Å². The van der Waals surface area contributed by atoms with Crippen LogP contribution in [0.3, 0.4) is 0 Å². The van der Waals surface area contributed by atoms with Crippen molar-refractivity contribution in [3.63, 3.8) is 0 Å². The van der Waals surface area contributed by atoms with Crippen molar-refractivity contribution in [2.24, 2.45) is 5.92 Å². The Balaban J connectivity index is 3.59. The van der Waals surface area contributed by atoms with Gasteiger partial charge in [-0.15, -0.1) is 0 Å². The molecule has 0 saturated carbocycles. The number of hydrogen-bond donors (Lipinski definition) is 3. The minimum atomic E-state index is -0.267. The second-order valence-electron chi connectivity index (χ2n) is 3.52. The predicted octanol–water partition coefficient (Wildman–Crippen LogP) is 0.837. The smallest absolute Gasteiger partial charge is 0.248 e. The van der Waals surface area contributed by atoms with E-state index in [4.69, 9.17) is 5.41 Å². The molecule has 0 heterocycles. The van der Waals surface area contributed by atoms with Crippen LogP contribution in [-0.4, -0.2) is 35.1 Å². The third kappa shape index (κ3) is 5.53. The van der Waals surface area contributed by atoms with Gasteiger partial charge < -0.3 is 5.32 Å². The monoisotopic (exact) mass is 201 g/mol. The maximum Gasteiger partial charge on any atom is 0.248 e. The molecule has 5 nitrogen and oxygen atoms in total. The predicted molar refractivity (Wildman–Crippen MR) is 54.4 cm³/mol. The average Bonchev–Trinajstić information content (AvgIpc) is 2.10. The van der Waals surface area contributed by atoms with Gasteiger partial charge in [-0.1, -0.05) is 13.8 Å². The van der Waals surface area contributed by atoms with Gasteiger partial charge in [-0.05, 0) is 13.3 Å². The molecule has 1 amide bonds. The van der Waals surface area contributed by atoms with Crippen LogP contribution in [-0.2, 0) is 4.79 Å². The standard InChI is InChI=1S/C9H19N3O2/c1-7(2)9(13)12(14)6-4-5-11-8(3)10/h7,14H,4-6H2,1-3H3,(H2,10,11). The van der Waals surface area contributed by atoms with Crippen LogP contribution in [0.5, 0.6) is 0 Å². The van der Waals surface area contributed by atoms with E-state index in [1.54, 1.807) is 20.8 Å². The van der Waals surface area contributed by atoms with Gasteiger partial charge in [0.1, 0.15) is 0 Å². The molecular weight excluding hydrogens is 182 g/mol. The van der Waals surface area contributed by atoms with Gasteiger partial charge in [-0.2, -0.15) is 0 Å². The molecule has 5 heteroatoms. The number of hydrogen-bond acceptors (Lipinski definition) is 3. The average molecular weight is 201 g/mol. The summed E-state index contributed by atoms with van der Waals surface area (Å²) in [5, 5.41) is 19.9. The summed E-state index contributed by atoms with van der Waals surface area (Å²) < 4.78 is 0. The number of rotatable bonds is 5. The van der Waals surface area contributed by atoms with Crippen molar-refractivity contribution in [1.29, 1.82) is 5.41 Å². The second-order valence-corrected chi connectivity index (χ2v) is 3.52. The Kier molecular flexibility index (Phi) is 5.87. The maximum absolute atomic E-state index is 11.2. The largest absolute Gasteiger partial charge is 0.374 e. The molecule has 0 aliphatic heterocycles. The zero-order chi connectivity index (χ0) is 11.1. The molecule has 82 valence electrons. The van der Waals surface area contributed by atoms with Crippen molar-refractivity contribution < 1.29 is 10.0 Å². The first-order chi connectivity index (χ1) is 6.45. The molecule has 0 rings (SSSR count). The van der Waals surface area contributed by atoms with Crippen molar-refractivity contribution in [3.8, 4) is 0 Å². The Morgan fingerprint density at radius 2 is 2.14 bits per heavy atom. The van der Waals surface area contributed by atoms with Crippen molar-refractivity contribution in [3.05, 3.63) is 0 Å². The lowest BCUT2D eigenvalue weighted by molar-refractivity contribution is -0.169. The van der Waals surface area contributed by atoms with E-state index in [1.807, 2.05) is 0 Å². The van der Waals surface area contributed by atoms with E-state index in [0.717, 1.165) is 5.06 Å². The molecule has 0 spiro atoms. The van der Waals surface area contributed by atoms with Crippen LogP contribution in [0, 0.1) is 11.3 Å². The molecule has 0 aromatic rings. The van der Waals surface area contributed by atoms with Crippen LogP contribution in [0.25, 0.3) is 0 Å². The summed E-state index contributed by atoms with van der Waals surface area (Å²) in [6.07, 6.45) is 0.630. The van der Waals surface area contributed by atoms with E-state index in [2.05, 4.69) is 5.32 Å². The highest BCUT2D eigenvalue weighted by molar-refractivity contribution is 5.77. The van der Waals surface area contributed by atoms with Crippen LogP contribution in [0.2, 0.25) is 0 Å². The van der Waals surface area contributed by atoms with Crippen LogP contribution in [0.4, 0.5) is 0 Å². The first-order valence-electron chi connectivity index (χ1n) is 4.74. The molecule has 0 fully saturated rings. The van der Waals surface area contributed by atoms with Gasteiger partial charge in [-0.3, -0.25) is 15.4 Å². The number of amidine groups is 1. The lowest BCUT2D eigenvalue weighted by atomic mass is 10.2. The molecule has 0 unspecified atom stereocenters. The minimum absolute atomic E-state index is 0.183. The normalized spacial score (nSPS) is 10.1. The molecule has 0 aliphatic rings. The number of carbonyl (C=O) groups excluding carboxylic acids is 1. The molecule has 0 aromatic carbocycles. The minimum Gasteiger partial charge on any atom is -0.374 e. The van der Waals surface area contributed by atoms with Crippen molar-refractivity contribution in [1.82, 2.24) is 10.4 Å². The van der Waals surface area contributed by atoms with Crippen molar-refractivity contribution >= 4 is 11.7 Å². The third-order valence-electron chi connectivity index (χ3n) is 1.69. The molecule has 0 atom stereocenters. The molecular formula is C9H19N3O2.